The normalized spacial score (nSPS) is 14.5. The van der Waals surface area contributed by atoms with E-state index in [0.29, 0.717) is 0 Å². The molecule has 0 saturated carbocycles. The molecule has 0 saturated heterocycles. The molecule has 1 nitrogen and oxygen atoms in total. The van der Waals surface area contributed by atoms with Gasteiger partial charge in [0, 0.05) is 47.1 Å². The van der Waals surface area contributed by atoms with Crippen LogP contribution in [0.15, 0.2) is 170 Å². The number of hydrogen-bond acceptors (Lipinski definition) is 3. The molecular weight excluding hydrogens is 703 g/mol. The summed E-state index contributed by atoms with van der Waals surface area (Å²) in [7, 11) is 0. The first-order valence-corrected chi connectivity index (χ1v) is 20.6. The second kappa shape index (κ2) is 12.7. The average Bonchev–Trinajstić information content (AvgIpc) is 3.82. The number of rotatable bonds is 5. The third-order valence-corrected chi connectivity index (χ3v) is 13.8. The lowest BCUT2D eigenvalue weighted by Crippen LogP contribution is -2.16. The van der Waals surface area contributed by atoms with Gasteiger partial charge in [0.1, 0.15) is 4.83 Å². The first-order valence-electron chi connectivity index (χ1n) is 18.9. The van der Waals surface area contributed by atoms with Crippen LogP contribution >= 0.6 is 22.7 Å². The average molecular weight is 738 g/mol. The molecule has 1 aliphatic rings. The van der Waals surface area contributed by atoms with Crippen LogP contribution in [0.4, 0.5) is 0 Å². The summed E-state index contributed by atoms with van der Waals surface area (Å²) in [5.41, 5.74) is 11.0. The first-order chi connectivity index (χ1) is 27.2. The maximum atomic E-state index is 5.78. The maximum absolute atomic E-state index is 5.78. The lowest BCUT2D eigenvalue weighted by molar-refractivity contribution is 0.775. The fraction of sp³-hybridized carbons (Fsp3) is 0.0577. The number of pyridine rings is 1. The second-order valence-electron chi connectivity index (χ2n) is 14.6. The van der Waals surface area contributed by atoms with E-state index in [1.165, 1.54) is 85.0 Å². The summed E-state index contributed by atoms with van der Waals surface area (Å²) >= 11 is 3.75. The van der Waals surface area contributed by atoms with Crippen LogP contribution in [0.3, 0.4) is 0 Å². The molecule has 1 unspecified atom stereocenters. The fourth-order valence-electron chi connectivity index (χ4n) is 9.05. The van der Waals surface area contributed by atoms with Gasteiger partial charge in [-0.3, -0.25) is 0 Å². The third kappa shape index (κ3) is 5.00. The molecular formula is C52H35NS2. The van der Waals surface area contributed by atoms with Crippen LogP contribution in [-0.4, -0.2) is 4.98 Å². The van der Waals surface area contributed by atoms with Gasteiger partial charge in [-0.2, -0.15) is 0 Å². The maximum Gasteiger partial charge on any atom is 0.124 e. The molecule has 7 aromatic carbocycles. The van der Waals surface area contributed by atoms with Gasteiger partial charge in [-0.05, 0) is 92.1 Å². The molecule has 55 heavy (non-hydrogen) atoms. The smallest absolute Gasteiger partial charge is 0.124 e. The van der Waals surface area contributed by atoms with Gasteiger partial charge in [0.15, 0.2) is 0 Å². The van der Waals surface area contributed by atoms with E-state index in [1.807, 2.05) is 11.3 Å². The van der Waals surface area contributed by atoms with Crippen LogP contribution in [0.1, 0.15) is 40.8 Å². The summed E-state index contributed by atoms with van der Waals surface area (Å²) in [6, 6.07) is 53.3. The van der Waals surface area contributed by atoms with Crippen molar-refractivity contribution in [2.45, 2.75) is 19.3 Å². The van der Waals surface area contributed by atoms with Crippen molar-refractivity contribution in [1.29, 1.82) is 0 Å². The van der Waals surface area contributed by atoms with Crippen LogP contribution in [0.5, 0.6) is 0 Å². The number of allylic oxidation sites excluding steroid dienone is 5. The highest BCUT2D eigenvalue weighted by Crippen LogP contribution is 2.55. The monoisotopic (exact) mass is 737 g/mol. The number of aromatic nitrogens is 1. The molecule has 0 spiro atoms. The van der Waals surface area contributed by atoms with E-state index in [2.05, 4.69) is 177 Å². The van der Waals surface area contributed by atoms with E-state index < -0.39 is 0 Å². The lowest BCUT2D eigenvalue weighted by Gasteiger charge is -2.31. The van der Waals surface area contributed by atoms with Crippen LogP contribution in [0, 0.1) is 0 Å². The molecule has 0 N–H and O–H groups in total. The Morgan fingerprint density at radius 2 is 1.38 bits per heavy atom. The molecule has 0 radical (unpaired) electrons. The number of thiophene rings is 2. The highest BCUT2D eigenvalue weighted by atomic mass is 32.1. The zero-order valence-corrected chi connectivity index (χ0v) is 32.0. The van der Waals surface area contributed by atoms with E-state index in [0.717, 1.165) is 33.7 Å². The minimum absolute atomic E-state index is 0.0293. The minimum Gasteiger partial charge on any atom is -0.241 e. The van der Waals surface area contributed by atoms with E-state index in [9.17, 15) is 0 Å². The van der Waals surface area contributed by atoms with Crippen molar-refractivity contribution in [2.75, 3.05) is 0 Å². The third-order valence-electron chi connectivity index (χ3n) is 11.6. The number of nitrogens with zero attached hydrogens (tertiary/aromatic N) is 1. The Kier molecular flexibility index (Phi) is 7.48. The van der Waals surface area contributed by atoms with Gasteiger partial charge in [-0.15, -0.1) is 22.7 Å². The highest BCUT2D eigenvalue weighted by molar-refractivity contribution is 7.26. The van der Waals surface area contributed by atoms with Gasteiger partial charge in [0.05, 0.1) is 5.69 Å². The number of benzene rings is 7. The Morgan fingerprint density at radius 3 is 2.24 bits per heavy atom. The Hall–Kier alpha value is -6.13. The molecule has 260 valence electrons. The van der Waals surface area contributed by atoms with E-state index >= 15 is 0 Å². The van der Waals surface area contributed by atoms with Gasteiger partial charge in [0.2, 0.25) is 0 Å². The summed E-state index contributed by atoms with van der Waals surface area (Å²) in [4.78, 5) is 6.87. The van der Waals surface area contributed by atoms with Crippen molar-refractivity contribution < 1.29 is 0 Å². The Balaban J connectivity index is 1.25. The van der Waals surface area contributed by atoms with Crippen molar-refractivity contribution >= 4 is 95.8 Å². The zero-order chi connectivity index (χ0) is 36.6. The van der Waals surface area contributed by atoms with Crippen molar-refractivity contribution in [3.05, 3.63) is 198 Å². The van der Waals surface area contributed by atoms with Gasteiger partial charge < -0.3 is 0 Å². The molecule has 3 heteroatoms. The van der Waals surface area contributed by atoms with Crippen molar-refractivity contribution in [3.63, 3.8) is 0 Å². The number of hydrogen-bond donors (Lipinski definition) is 0. The topological polar surface area (TPSA) is 12.9 Å². The largest absolute Gasteiger partial charge is 0.241 e. The van der Waals surface area contributed by atoms with Crippen LogP contribution in [0.25, 0.3) is 84.3 Å². The van der Waals surface area contributed by atoms with E-state index in [1.54, 1.807) is 11.3 Å². The quantitative estimate of drug-likeness (QED) is 0.160. The summed E-state index contributed by atoms with van der Waals surface area (Å²) in [6.07, 6.45) is 7.53. The lowest BCUT2D eigenvalue weighted by atomic mass is 9.73. The second-order valence-corrected chi connectivity index (χ2v) is 16.6. The molecule has 10 aromatic rings. The predicted octanol–water partition coefficient (Wildman–Crippen LogP) is 15.2. The Labute approximate surface area is 327 Å². The van der Waals surface area contributed by atoms with Crippen LogP contribution < -0.4 is 0 Å². The molecule has 0 aliphatic heterocycles. The summed E-state index contributed by atoms with van der Waals surface area (Å²) < 4.78 is 3.97. The summed E-state index contributed by atoms with van der Waals surface area (Å²) in [5, 5.41) is 10.4. The molecule has 1 atom stereocenters. The van der Waals surface area contributed by atoms with Gasteiger partial charge in [-0.25, -0.2) is 4.98 Å². The molecule has 11 rings (SSSR count). The zero-order valence-electron chi connectivity index (χ0n) is 30.3. The summed E-state index contributed by atoms with van der Waals surface area (Å²) in [5.74, 6) is 0.0293. The Bertz CT molecular complexity index is 3260. The fourth-order valence-corrected chi connectivity index (χ4v) is 11.5. The van der Waals surface area contributed by atoms with Crippen LogP contribution in [-0.2, 0) is 6.42 Å². The Morgan fingerprint density at radius 1 is 0.655 bits per heavy atom. The standard InChI is InChI=1S/C52H35NS2/c1-3-32(26-25-31(2)33-15-5-4-6-16-33)41-30-42-38-21-13-14-24-44(38)55-52(42)53-50(41)43-29-35-18-8-10-20-37(35)46-39-22-11-12-23-40(39)48-47-36-19-9-7-17-34(36)27-28-45(47)54-51(48)49(43)46/h3-28,30,43H,2,29H2,1H3/b26-25-,32-3+. The van der Waals surface area contributed by atoms with Gasteiger partial charge in [-0.1, -0.05) is 152 Å². The predicted molar refractivity (Wildman–Crippen MR) is 241 cm³/mol. The summed E-state index contributed by atoms with van der Waals surface area (Å²) in [6.45, 7) is 6.60. The number of fused-ring (bicyclic) bond motifs is 15. The molecule has 3 aromatic heterocycles. The van der Waals surface area contributed by atoms with E-state index in [4.69, 9.17) is 4.98 Å². The van der Waals surface area contributed by atoms with Crippen LogP contribution in [0.2, 0.25) is 0 Å². The van der Waals surface area contributed by atoms with Gasteiger partial charge >= 0.3 is 0 Å². The molecule has 0 bridgehead atoms. The molecule has 3 heterocycles. The van der Waals surface area contributed by atoms with E-state index in [-0.39, 0.29) is 5.92 Å². The minimum atomic E-state index is 0.0293. The van der Waals surface area contributed by atoms with Crippen molar-refractivity contribution in [1.82, 2.24) is 4.98 Å². The first kappa shape index (κ1) is 32.3. The molecule has 1 aliphatic carbocycles. The van der Waals surface area contributed by atoms with Crippen molar-refractivity contribution in [3.8, 4) is 11.1 Å². The molecule has 0 fully saturated rings. The highest BCUT2D eigenvalue weighted by Gasteiger charge is 2.34. The molecule has 0 amide bonds. The SMILES string of the molecule is C=C(/C=C\C(=C/C)c1cc2c(nc1C1Cc3ccccc3-c3c1c1sc4ccc5ccccc5c4c1c1ccccc31)sc1ccccc12)c1ccccc1. The van der Waals surface area contributed by atoms with Crippen molar-refractivity contribution in [2.24, 2.45) is 0 Å². The van der Waals surface area contributed by atoms with Gasteiger partial charge in [0.25, 0.3) is 0 Å².